The fourth-order valence-electron chi connectivity index (χ4n) is 1.64. The third-order valence-electron chi connectivity index (χ3n) is 2.71. The molecular weight excluding hydrogens is 304 g/mol. The summed E-state index contributed by atoms with van der Waals surface area (Å²) >= 11 is 0. The molecule has 8 nitrogen and oxygen atoms in total. The van der Waals surface area contributed by atoms with Crippen LogP contribution in [0.5, 0.6) is 5.75 Å². The van der Waals surface area contributed by atoms with E-state index in [0.29, 0.717) is 12.2 Å². The van der Waals surface area contributed by atoms with Crippen LogP contribution in [0.3, 0.4) is 0 Å². The standard InChI is InChI=1S/C15H18N2O6/c1-2-9-23-13-5-3-11(10-12(13)17(21)22)4-6-14(18)16-8-7-15(19)20/h3-6,10H,2,7-9H2,1H3,(H,16,18)(H,19,20)/b6-4+. The zero-order valence-corrected chi connectivity index (χ0v) is 12.7. The fraction of sp³-hybridized carbons (Fsp3) is 0.333. The van der Waals surface area contributed by atoms with Crippen molar-refractivity contribution in [3.05, 3.63) is 40.0 Å². The van der Waals surface area contributed by atoms with Crippen LogP contribution in [0.4, 0.5) is 5.69 Å². The monoisotopic (exact) mass is 322 g/mol. The minimum Gasteiger partial charge on any atom is -0.487 e. The van der Waals surface area contributed by atoms with Crippen LogP contribution in [0.15, 0.2) is 24.3 Å². The van der Waals surface area contributed by atoms with E-state index in [-0.39, 0.29) is 24.4 Å². The minimum absolute atomic E-state index is 0.0163. The first kappa shape index (κ1) is 18.1. The van der Waals surface area contributed by atoms with Crippen LogP contribution >= 0.6 is 0 Å². The Labute approximate surface area is 132 Å². The van der Waals surface area contributed by atoms with Crippen LogP contribution in [-0.2, 0) is 9.59 Å². The van der Waals surface area contributed by atoms with Crippen LogP contribution in [-0.4, -0.2) is 35.1 Å². The molecule has 0 radical (unpaired) electrons. The summed E-state index contributed by atoms with van der Waals surface area (Å²) in [5.74, 6) is -1.30. The predicted molar refractivity (Wildman–Crippen MR) is 83.2 cm³/mol. The van der Waals surface area contributed by atoms with Gasteiger partial charge in [-0.05, 0) is 24.1 Å². The first-order chi connectivity index (χ1) is 10.9. The highest BCUT2D eigenvalue weighted by Gasteiger charge is 2.15. The molecule has 1 amide bonds. The molecular formula is C15H18N2O6. The second-order valence-electron chi connectivity index (χ2n) is 4.60. The lowest BCUT2D eigenvalue weighted by Gasteiger charge is -2.05. The molecule has 0 aromatic heterocycles. The van der Waals surface area contributed by atoms with Crippen LogP contribution in [0.1, 0.15) is 25.3 Å². The van der Waals surface area contributed by atoms with Gasteiger partial charge in [0.25, 0.3) is 0 Å². The van der Waals surface area contributed by atoms with Crippen molar-refractivity contribution in [1.82, 2.24) is 5.32 Å². The van der Waals surface area contributed by atoms with Crippen LogP contribution in [0.25, 0.3) is 6.08 Å². The van der Waals surface area contributed by atoms with Gasteiger partial charge in [0.1, 0.15) is 0 Å². The summed E-state index contributed by atoms with van der Waals surface area (Å²) < 4.78 is 5.30. The summed E-state index contributed by atoms with van der Waals surface area (Å²) in [5.41, 5.74) is 0.292. The van der Waals surface area contributed by atoms with Crippen molar-refractivity contribution in [2.45, 2.75) is 19.8 Å². The number of nitrogens with zero attached hydrogens (tertiary/aromatic N) is 1. The average molecular weight is 322 g/mol. The number of hydrogen-bond acceptors (Lipinski definition) is 5. The molecule has 0 aliphatic rings. The number of rotatable bonds is 9. The van der Waals surface area contributed by atoms with Gasteiger partial charge in [0.15, 0.2) is 5.75 Å². The van der Waals surface area contributed by atoms with Gasteiger partial charge >= 0.3 is 11.7 Å². The van der Waals surface area contributed by atoms with Crippen molar-refractivity contribution in [2.24, 2.45) is 0 Å². The van der Waals surface area contributed by atoms with Crippen molar-refractivity contribution >= 4 is 23.6 Å². The largest absolute Gasteiger partial charge is 0.487 e. The lowest BCUT2D eigenvalue weighted by Crippen LogP contribution is -2.23. The van der Waals surface area contributed by atoms with Gasteiger partial charge in [-0.3, -0.25) is 19.7 Å². The molecule has 0 spiro atoms. The van der Waals surface area contributed by atoms with E-state index in [0.717, 1.165) is 6.42 Å². The van der Waals surface area contributed by atoms with E-state index < -0.39 is 16.8 Å². The molecule has 8 heteroatoms. The average Bonchev–Trinajstić information content (AvgIpc) is 2.50. The number of nitrogens with one attached hydrogen (secondary N) is 1. The molecule has 1 rings (SSSR count). The number of nitro benzene ring substituents is 1. The molecule has 1 aromatic carbocycles. The number of carbonyl (C=O) groups is 2. The molecule has 1 aromatic rings. The summed E-state index contributed by atoms with van der Waals surface area (Å²) in [4.78, 5) is 32.3. The van der Waals surface area contributed by atoms with E-state index in [1.807, 2.05) is 6.92 Å². The highest BCUT2D eigenvalue weighted by Crippen LogP contribution is 2.28. The summed E-state index contributed by atoms with van der Waals surface area (Å²) in [7, 11) is 0. The van der Waals surface area contributed by atoms with Crippen LogP contribution in [0.2, 0.25) is 0 Å². The molecule has 2 N–H and O–H groups in total. The highest BCUT2D eigenvalue weighted by atomic mass is 16.6. The second-order valence-corrected chi connectivity index (χ2v) is 4.60. The Morgan fingerprint density at radius 3 is 2.78 bits per heavy atom. The predicted octanol–water partition coefficient (Wildman–Crippen LogP) is 1.99. The second kappa shape index (κ2) is 9.19. The zero-order valence-electron chi connectivity index (χ0n) is 12.7. The van der Waals surface area contributed by atoms with E-state index in [1.165, 1.54) is 24.3 Å². The maximum absolute atomic E-state index is 11.5. The van der Waals surface area contributed by atoms with Crippen LogP contribution < -0.4 is 10.1 Å². The number of carboxylic acid groups (broad SMARTS) is 1. The van der Waals surface area contributed by atoms with E-state index in [4.69, 9.17) is 9.84 Å². The molecule has 23 heavy (non-hydrogen) atoms. The molecule has 0 atom stereocenters. The maximum Gasteiger partial charge on any atom is 0.311 e. The number of ether oxygens (including phenoxy) is 1. The van der Waals surface area contributed by atoms with Crippen LogP contribution in [0, 0.1) is 10.1 Å². The molecule has 0 bridgehead atoms. The zero-order chi connectivity index (χ0) is 17.2. The Balaban J connectivity index is 2.74. The first-order valence-corrected chi connectivity index (χ1v) is 7.03. The lowest BCUT2D eigenvalue weighted by atomic mass is 10.1. The smallest absolute Gasteiger partial charge is 0.311 e. The van der Waals surface area contributed by atoms with E-state index >= 15 is 0 Å². The molecule has 0 heterocycles. The molecule has 0 aliphatic carbocycles. The van der Waals surface area contributed by atoms with E-state index in [9.17, 15) is 19.7 Å². The molecule has 0 aliphatic heterocycles. The Bertz CT molecular complexity index is 612. The van der Waals surface area contributed by atoms with Crippen molar-refractivity contribution in [3.63, 3.8) is 0 Å². The first-order valence-electron chi connectivity index (χ1n) is 7.03. The Morgan fingerprint density at radius 1 is 1.43 bits per heavy atom. The Morgan fingerprint density at radius 2 is 2.17 bits per heavy atom. The number of benzene rings is 1. The summed E-state index contributed by atoms with van der Waals surface area (Å²) in [6.45, 7) is 2.29. The number of aliphatic carboxylic acids is 1. The molecule has 0 saturated carbocycles. The number of amides is 1. The van der Waals surface area contributed by atoms with Crippen molar-refractivity contribution < 1.29 is 24.4 Å². The van der Waals surface area contributed by atoms with Crippen molar-refractivity contribution in [1.29, 1.82) is 0 Å². The molecule has 124 valence electrons. The van der Waals surface area contributed by atoms with E-state index in [1.54, 1.807) is 6.07 Å². The minimum atomic E-state index is -1.01. The molecule has 0 saturated heterocycles. The number of carbonyl (C=O) groups excluding carboxylic acids is 1. The van der Waals surface area contributed by atoms with Gasteiger partial charge in [-0.25, -0.2) is 0 Å². The number of nitro groups is 1. The number of carboxylic acids is 1. The Kier molecular flexibility index (Phi) is 7.25. The maximum atomic E-state index is 11.5. The van der Waals surface area contributed by atoms with E-state index in [2.05, 4.69) is 5.32 Å². The normalized spacial score (nSPS) is 10.5. The van der Waals surface area contributed by atoms with Gasteiger partial charge in [0.2, 0.25) is 5.91 Å². The topological polar surface area (TPSA) is 119 Å². The molecule has 0 unspecified atom stereocenters. The van der Waals surface area contributed by atoms with Gasteiger partial charge in [-0.15, -0.1) is 0 Å². The van der Waals surface area contributed by atoms with Crippen molar-refractivity contribution in [2.75, 3.05) is 13.2 Å². The quantitative estimate of drug-likeness (QED) is 0.407. The van der Waals surface area contributed by atoms with Gasteiger partial charge in [0.05, 0.1) is 18.0 Å². The third-order valence-corrected chi connectivity index (χ3v) is 2.71. The summed E-state index contributed by atoms with van der Waals surface area (Å²) in [5, 5.41) is 21.9. The van der Waals surface area contributed by atoms with Gasteiger partial charge in [-0.1, -0.05) is 13.0 Å². The summed E-state index contributed by atoms with van der Waals surface area (Å²) in [6.07, 6.45) is 3.16. The molecule has 0 fully saturated rings. The third kappa shape index (κ3) is 6.60. The lowest BCUT2D eigenvalue weighted by molar-refractivity contribution is -0.385. The highest BCUT2D eigenvalue weighted by molar-refractivity contribution is 5.92. The van der Waals surface area contributed by atoms with Gasteiger partial charge in [-0.2, -0.15) is 0 Å². The van der Waals surface area contributed by atoms with Gasteiger partial charge in [0, 0.05) is 18.7 Å². The summed E-state index contributed by atoms with van der Waals surface area (Å²) in [6, 6.07) is 4.39. The van der Waals surface area contributed by atoms with Gasteiger partial charge < -0.3 is 15.2 Å². The van der Waals surface area contributed by atoms with Crippen molar-refractivity contribution in [3.8, 4) is 5.75 Å². The Hall–Kier alpha value is -2.90. The SMILES string of the molecule is CCCOc1ccc(/C=C/C(=O)NCCC(=O)O)cc1[N+](=O)[O-]. The number of hydrogen-bond donors (Lipinski definition) is 2. The fourth-order valence-corrected chi connectivity index (χ4v) is 1.64.